The van der Waals surface area contributed by atoms with Gasteiger partial charge in [0.05, 0.1) is 21.3 Å². The van der Waals surface area contributed by atoms with Crippen LogP contribution in [0.5, 0.6) is 0 Å². The molecule has 0 atom stereocenters. The molecule has 2 N–H and O–H groups in total. The summed E-state index contributed by atoms with van der Waals surface area (Å²) in [5.41, 5.74) is 4.19. The van der Waals surface area contributed by atoms with Gasteiger partial charge in [-0.15, -0.1) is 0 Å². The summed E-state index contributed by atoms with van der Waals surface area (Å²) in [6, 6.07) is 18.1. The van der Waals surface area contributed by atoms with Crippen LogP contribution in [0.2, 0.25) is 10.0 Å². The number of amides is 2. The van der Waals surface area contributed by atoms with E-state index >= 15 is 0 Å². The molecule has 0 aliphatic carbocycles. The Bertz CT molecular complexity index is 1070. The molecule has 3 aromatic carbocycles. The molecule has 0 saturated heterocycles. The van der Waals surface area contributed by atoms with Gasteiger partial charge in [-0.25, -0.2) is 0 Å². The molecule has 1 aliphatic rings. The van der Waals surface area contributed by atoms with E-state index in [1.165, 1.54) is 6.07 Å². The number of fused-ring (bicyclic) bond motifs is 1. The van der Waals surface area contributed by atoms with Gasteiger partial charge in [-0.3, -0.25) is 9.59 Å². The fraction of sp³-hybridized carbons (Fsp3) is 0.0476. The molecule has 6 heteroatoms. The van der Waals surface area contributed by atoms with E-state index in [1.54, 1.807) is 18.2 Å². The summed E-state index contributed by atoms with van der Waals surface area (Å²) in [5, 5.41) is 6.32. The normalized spacial score (nSPS) is 12.4. The van der Waals surface area contributed by atoms with E-state index in [-0.39, 0.29) is 11.8 Å². The zero-order valence-corrected chi connectivity index (χ0v) is 15.6. The van der Waals surface area contributed by atoms with Crippen molar-refractivity contribution in [2.45, 2.75) is 6.54 Å². The van der Waals surface area contributed by atoms with Crippen LogP contribution in [-0.2, 0) is 6.54 Å². The molecule has 0 saturated carbocycles. The number of hydrogen-bond acceptors (Lipinski definition) is 2. The second-order valence-electron chi connectivity index (χ2n) is 6.15. The molecule has 0 fully saturated rings. The lowest BCUT2D eigenvalue weighted by Crippen LogP contribution is -2.17. The van der Waals surface area contributed by atoms with Gasteiger partial charge in [-0.05, 0) is 41.0 Å². The molecule has 2 amide bonds. The molecule has 0 bridgehead atoms. The van der Waals surface area contributed by atoms with Gasteiger partial charge in [0.2, 0.25) is 0 Å². The number of nitrogens with one attached hydrogen (secondary N) is 2. The molecular weight excluding hydrogens is 383 g/mol. The van der Waals surface area contributed by atoms with Crippen molar-refractivity contribution >= 4 is 40.7 Å². The number of halogens is 2. The summed E-state index contributed by atoms with van der Waals surface area (Å²) in [6.07, 6.45) is 0. The maximum atomic E-state index is 12.6. The third kappa shape index (κ3) is 3.29. The van der Waals surface area contributed by atoms with Crippen LogP contribution in [0.3, 0.4) is 0 Å². The highest BCUT2D eigenvalue weighted by Crippen LogP contribution is 2.34. The number of rotatable bonds is 3. The van der Waals surface area contributed by atoms with Gasteiger partial charge in [0.25, 0.3) is 11.8 Å². The summed E-state index contributed by atoms with van der Waals surface area (Å²) < 4.78 is 0. The minimum Gasteiger partial charge on any atom is -0.348 e. The highest BCUT2D eigenvalue weighted by molar-refractivity contribution is 6.42. The van der Waals surface area contributed by atoms with Crippen molar-refractivity contribution in [1.82, 2.24) is 5.32 Å². The van der Waals surface area contributed by atoms with Crippen LogP contribution >= 0.6 is 23.2 Å². The molecule has 4 nitrogen and oxygen atoms in total. The third-order valence-electron chi connectivity index (χ3n) is 4.48. The van der Waals surface area contributed by atoms with Crippen molar-refractivity contribution in [2.75, 3.05) is 5.32 Å². The van der Waals surface area contributed by atoms with Crippen LogP contribution in [0, 0.1) is 0 Å². The molecule has 4 rings (SSSR count). The van der Waals surface area contributed by atoms with Crippen molar-refractivity contribution in [3.05, 3.63) is 87.4 Å². The summed E-state index contributed by atoms with van der Waals surface area (Å²) in [6.45, 7) is 0.425. The lowest BCUT2D eigenvalue weighted by Gasteiger charge is -2.13. The van der Waals surface area contributed by atoms with Crippen LogP contribution in [0.15, 0.2) is 60.7 Å². The van der Waals surface area contributed by atoms with Crippen molar-refractivity contribution in [3.63, 3.8) is 0 Å². The fourth-order valence-electron chi connectivity index (χ4n) is 3.17. The topological polar surface area (TPSA) is 58.2 Å². The van der Waals surface area contributed by atoms with Gasteiger partial charge >= 0.3 is 0 Å². The van der Waals surface area contributed by atoms with Crippen molar-refractivity contribution < 1.29 is 9.59 Å². The summed E-state index contributed by atoms with van der Waals surface area (Å²) in [4.78, 5) is 25.0. The van der Waals surface area contributed by atoms with Crippen LogP contribution < -0.4 is 10.6 Å². The molecule has 134 valence electrons. The van der Waals surface area contributed by atoms with E-state index in [9.17, 15) is 9.59 Å². The fourth-order valence-corrected chi connectivity index (χ4v) is 3.47. The molecular formula is C21H14Cl2N2O2. The highest BCUT2D eigenvalue weighted by atomic mass is 35.5. The SMILES string of the molecule is O=C(Nc1ccc(-c2ccccc2)c2c1C(=O)NC2)c1ccc(Cl)c(Cl)c1. The lowest BCUT2D eigenvalue weighted by molar-refractivity contribution is 0.0966. The summed E-state index contributed by atoms with van der Waals surface area (Å²) in [5.74, 6) is -0.560. The first kappa shape index (κ1) is 17.6. The quantitative estimate of drug-likeness (QED) is 0.642. The Morgan fingerprint density at radius 1 is 0.963 bits per heavy atom. The van der Waals surface area contributed by atoms with E-state index in [0.717, 1.165) is 16.7 Å². The Hall–Kier alpha value is -2.82. The predicted molar refractivity (Wildman–Crippen MR) is 107 cm³/mol. The zero-order valence-electron chi connectivity index (χ0n) is 14.1. The highest BCUT2D eigenvalue weighted by Gasteiger charge is 2.26. The van der Waals surface area contributed by atoms with Gasteiger partial charge in [-0.2, -0.15) is 0 Å². The standard InChI is InChI=1S/C21H14Cl2N2O2/c22-16-8-6-13(10-17(16)23)20(26)25-18-9-7-14(12-4-2-1-3-5-12)15-11-24-21(27)19(15)18/h1-10H,11H2,(H,24,27)(H,25,26). The molecule has 0 radical (unpaired) electrons. The van der Waals surface area contributed by atoms with Gasteiger partial charge in [-0.1, -0.05) is 59.6 Å². The van der Waals surface area contributed by atoms with E-state index in [1.807, 2.05) is 36.4 Å². The first-order valence-electron chi connectivity index (χ1n) is 8.30. The van der Waals surface area contributed by atoms with E-state index < -0.39 is 0 Å². The summed E-state index contributed by atoms with van der Waals surface area (Å²) >= 11 is 11.9. The van der Waals surface area contributed by atoms with Gasteiger partial charge in [0.1, 0.15) is 0 Å². The third-order valence-corrected chi connectivity index (χ3v) is 5.22. The van der Waals surface area contributed by atoms with E-state index in [0.29, 0.717) is 33.4 Å². The number of carbonyl (C=O) groups is 2. The van der Waals surface area contributed by atoms with Crippen LogP contribution in [0.1, 0.15) is 26.3 Å². The molecule has 1 heterocycles. The minimum atomic E-state index is -0.358. The molecule has 0 spiro atoms. The summed E-state index contributed by atoms with van der Waals surface area (Å²) in [7, 11) is 0. The number of carbonyl (C=O) groups excluding carboxylic acids is 2. The lowest BCUT2D eigenvalue weighted by atomic mass is 9.95. The Balaban J connectivity index is 1.72. The number of hydrogen-bond donors (Lipinski definition) is 2. The zero-order chi connectivity index (χ0) is 19.0. The van der Waals surface area contributed by atoms with Crippen LogP contribution in [-0.4, -0.2) is 11.8 Å². The molecule has 1 aliphatic heterocycles. The minimum absolute atomic E-state index is 0.202. The number of benzene rings is 3. The molecule has 0 aromatic heterocycles. The van der Waals surface area contributed by atoms with Crippen molar-refractivity contribution in [3.8, 4) is 11.1 Å². The second-order valence-corrected chi connectivity index (χ2v) is 6.96. The van der Waals surface area contributed by atoms with Gasteiger partial charge < -0.3 is 10.6 Å². The van der Waals surface area contributed by atoms with Crippen molar-refractivity contribution in [1.29, 1.82) is 0 Å². The number of anilines is 1. The maximum Gasteiger partial charge on any atom is 0.255 e. The molecule has 27 heavy (non-hydrogen) atoms. The smallest absolute Gasteiger partial charge is 0.255 e. The Morgan fingerprint density at radius 3 is 2.48 bits per heavy atom. The Labute approximate surface area is 166 Å². The Morgan fingerprint density at radius 2 is 1.74 bits per heavy atom. The first-order chi connectivity index (χ1) is 13.0. The second kappa shape index (κ2) is 7.06. The van der Waals surface area contributed by atoms with Gasteiger partial charge in [0, 0.05) is 12.1 Å². The monoisotopic (exact) mass is 396 g/mol. The Kier molecular flexibility index (Phi) is 4.60. The van der Waals surface area contributed by atoms with E-state index in [4.69, 9.17) is 23.2 Å². The maximum absolute atomic E-state index is 12.6. The molecule has 3 aromatic rings. The molecule has 0 unspecified atom stereocenters. The van der Waals surface area contributed by atoms with E-state index in [2.05, 4.69) is 10.6 Å². The van der Waals surface area contributed by atoms with Gasteiger partial charge in [0.15, 0.2) is 0 Å². The first-order valence-corrected chi connectivity index (χ1v) is 9.06. The average Bonchev–Trinajstić information content (AvgIpc) is 3.07. The van der Waals surface area contributed by atoms with Crippen molar-refractivity contribution in [2.24, 2.45) is 0 Å². The average molecular weight is 397 g/mol. The largest absolute Gasteiger partial charge is 0.348 e. The predicted octanol–water partition coefficient (Wildman–Crippen LogP) is 5.16. The van der Waals surface area contributed by atoms with Crippen LogP contribution in [0.4, 0.5) is 5.69 Å². The van der Waals surface area contributed by atoms with Crippen LogP contribution in [0.25, 0.3) is 11.1 Å².